The summed E-state index contributed by atoms with van der Waals surface area (Å²) in [5.74, 6) is -1.25. The quantitative estimate of drug-likeness (QED) is 0.601. The molecule has 1 unspecified atom stereocenters. The number of hydrogen-bond donors (Lipinski definition) is 0. The van der Waals surface area contributed by atoms with Crippen molar-refractivity contribution in [1.82, 2.24) is 5.01 Å². The average Bonchev–Trinajstić information content (AvgIpc) is 2.92. The minimum Gasteiger partial charge on any atom is -0.273 e. The Morgan fingerprint density at radius 3 is 2.62 bits per heavy atom. The molecular weight excluding hydrogens is 298 g/mol. The van der Waals surface area contributed by atoms with Gasteiger partial charge in [-0.1, -0.05) is 12.2 Å². The van der Waals surface area contributed by atoms with Gasteiger partial charge in [-0.3, -0.25) is 4.79 Å². The molecule has 2 rings (SSSR count). The number of nitrogens with zero attached hydrogens (tertiary/aromatic N) is 2. The highest BCUT2D eigenvalue weighted by Crippen LogP contribution is 2.30. The monoisotopic (exact) mass is 312 g/mol. The minimum absolute atomic E-state index is 0.218. The highest BCUT2D eigenvalue weighted by atomic mass is 35.5. The second kappa shape index (κ2) is 6.80. The van der Waals surface area contributed by atoms with Crippen LogP contribution in [-0.4, -0.2) is 23.0 Å². The molecule has 1 aromatic rings. The predicted octanol–water partition coefficient (Wildman–Crippen LogP) is 3.80. The number of carbonyl (C=O) groups is 1. The van der Waals surface area contributed by atoms with Crippen molar-refractivity contribution in [3.63, 3.8) is 0 Å². The van der Waals surface area contributed by atoms with E-state index in [4.69, 9.17) is 11.6 Å². The van der Waals surface area contributed by atoms with E-state index in [0.29, 0.717) is 24.3 Å². The van der Waals surface area contributed by atoms with Gasteiger partial charge in [0.1, 0.15) is 11.6 Å². The Labute approximate surface area is 126 Å². The number of alkyl halides is 1. The molecule has 0 saturated heterocycles. The lowest BCUT2D eigenvalue weighted by Crippen LogP contribution is -2.27. The van der Waals surface area contributed by atoms with Gasteiger partial charge in [0.15, 0.2) is 0 Å². The van der Waals surface area contributed by atoms with Crippen molar-refractivity contribution in [2.24, 2.45) is 5.10 Å². The Morgan fingerprint density at radius 1 is 1.33 bits per heavy atom. The third kappa shape index (κ3) is 3.88. The summed E-state index contributed by atoms with van der Waals surface area (Å²) in [5.41, 5.74) is 1.16. The van der Waals surface area contributed by atoms with Crippen molar-refractivity contribution < 1.29 is 13.6 Å². The van der Waals surface area contributed by atoms with E-state index < -0.39 is 17.7 Å². The Balaban J connectivity index is 2.10. The molecule has 21 heavy (non-hydrogen) atoms. The highest BCUT2D eigenvalue weighted by Gasteiger charge is 2.28. The van der Waals surface area contributed by atoms with Crippen LogP contribution in [0.4, 0.5) is 8.78 Å². The van der Waals surface area contributed by atoms with E-state index in [0.717, 1.165) is 11.6 Å². The number of amides is 1. The molecule has 3 nitrogen and oxygen atoms in total. The number of allylic oxidation sites excluding steroid dienone is 1. The molecule has 112 valence electrons. The molecule has 0 bridgehead atoms. The molecule has 1 atom stereocenters. The summed E-state index contributed by atoms with van der Waals surface area (Å²) in [4.78, 5) is 12.2. The molecule has 6 heteroatoms. The lowest BCUT2D eigenvalue weighted by atomic mass is 10.0. The number of carbonyl (C=O) groups excluding carboxylic acids is 1. The van der Waals surface area contributed by atoms with Crippen molar-refractivity contribution >= 4 is 23.7 Å². The molecule has 0 aromatic heterocycles. The second-order valence-corrected chi connectivity index (χ2v) is 5.14. The van der Waals surface area contributed by atoms with Gasteiger partial charge < -0.3 is 0 Å². The maximum absolute atomic E-state index is 13.3. The Bertz CT molecular complexity index is 569. The Kier molecular flexibility index (Phi) is 5.07. The predicted molar refractivity (Wildman–Crippen MR) is 78.1 cm³/mol. The molecule has 0 radical (unpaired) electrons. The zero-order valence-electron chi connectivity index (χ0n) is 11.4. The van der Waals surface area contributed by atoms with Gasteiger partial charge in [0.05, 0.1) is 6.04 Å². The van der Waals surface area contributed by atoms with Crippen molar-refractivity contribution in [2.75, 3.05) is 5.88 Å². The summed E-state index contributed by atoms with van der Waals surface area (Å²) < 4.78 is 26.6. The lowest BCUT2D eigenvalue weighted by Gasteiger charge is -2.22. The van der Waals surface area contributed by atoms with Gasteiger partial charge in [0.25, 0.3) is 0 Å². The van der Waals surface area contributed by atoms with Gasteiger partial charge in [-0.25, -0.2) is 13.8 Å². The summed E-state index contributed by atoms with van der Waals surface area (Å²) in [7, 11) is 0. The summed E-state index contributed by atoms with van der Waals surface area (Å²) in [6, 6.07) is 2.78. The van der Waals surface area contributed by atoms with Crippen LogP contribution in [0.15, 0.2) is 35.5 Å². The summed E-state index contributed by atoms with van der Waals surface area (Å²) >= 11 is 5.62. The average molecular weight is 313 g/mol. The van der Waals surface area contributed by atoms with E-state index in [2.05, 4.69) is 11.7 Å². The third-order valence-corrected chi connectivity index (χ3v) is 3.61. The van der Waals surface area contributed by atoms with Crippen molar-refractivity contribution in [2.45, 2.75) is 25.3 Å². The van der Waals surface area contributed by atoms with Crippen molar-refractivity contribution in [3.8, 4) is 0 Å². The molecule has 1 aromatic carbocycles. The van der Waals surface area contributed by atoms with Crippen LogP contribution in [0.3, 0.4) is 0 Å². The molecule has 0 N–H and O–H groups in total. The maximum Gasteiger partial charge on any atom is 0.243 e. The zero-order valence-corrected chi connectivity index (χ0v) is 12.1. The van der Waals surface area contributed by atoms with E-state index >= 15 is 0 Å². The number of hydrogen-bond acceptors (Lipinski definition) is 2. The topological polar surface area (TPSA) is 32.7 Å². The van der Waals surface area contributed by atoms with Crippen LogP contribution < -0.4 is 0 Å². The molecule has 0 fully saturated rings. The molecule has 0 spiro atoms. The first-order valence-electron chi connectivity index (χ1n) is 6.54. The second-order valence-electron chi connectivity index (χ2n) is 4.87. The molecule has 0 saturated carbocycles. The number of rotatable bonds is 5. The van der Waals surface area contributed by atoms with Crippen LogP contribution in [0.5, 0.6) is 0 Å². The largest absolute Gasteiger partial charge is 0.273 e. The summed E-state index contributed by atoms with van der Waals surface area (Å²) in [5, 5.41) is 5.28. The van der Waals surface area contributed by atoms with Gasteiger partial charge in [-0.2, -0.15) is 5.10 Å². The molecule has 1 heterocycles. The normalized spacial score (nSPS) is 17.3. The van der Waals surface area contributed by atoms with Crippen LogP contribution in [0.25, 0.3) is 0 Å². The van der Waals surface area contributed by atoms with E-state index in [1.807, 2.05) is 0 Å². The fourth-order valence-electron chi connectivity index (χ4n) is 2.16. The van der Waals surface area contributed by atoms with Crippen LogP contribution in [0.1, 0.15) is 30.9 Å². The molecular formula is C15H15ClF2N2O. The van der Waals surface area contributed by atoms with Gasteiger partial charge in [-0.05, 0) is 24.1 Å². The van der Waals surface area contributed by atoms with Gasteiger partial charge in [-0.15, -0.1) is 11.6 Å². The maximum atomic E-state index is 13.3. The first-order valence-corrected chi connectivity index (χ1v) is 7.08. The van der Waals surface area contributed by atoms with E-state index in [1.54, 1.807) is 6.21 Å². The van der Waals surface area contributed by atoms with E-state index in [9.17, 15) is 13.6 Å². The molecule has 1 amide bonds. The standard InChI is InChI=1S/C15H15ClF2N2O/c1-10(9-16)2-3-15(21)20-14(4-5-19-20)11-6-12(17)8-13(18)7-11/h5-8,14H,1-4,9H2. The molecule has 0 aliphatic carbocycles. The highest BCUT2D eigenvalue weighted by molar-refractivity contribution is 6.19. The van der Waals surface area contributed by atoms with Crippen molar-refractivity contribution in [3.05, 3.63) is 47.5 Å². The smallest absolute Gasteiger partial charge is 0.243 e. The Morgan fingerprint density at radius 2 is 2.00 bits per heavy atom. The zero-order chi connectivity index (χ0) is 15.4. The first-order chi connectivity index (χ1) is 10.0. The van der Waals surface area contributed by atoms with Crippen LogP contribution >= 0.6 is 11.6 Å². The van der Waals surface area contributed by atoms with Crippen molar-refractivity contribution in [1.29, 1.82) is 0 Å². The SMILES string of the molecule is C=C(CCl)CCC(=O)N1N=CCC1c1cc(F)cc(F)c1. The Hall–Kier alpha value is -1.75. The number of halogens is 3. The summed E-state index contributed by atoms with van der Waals surface area (Å²) in [6.07, 6.45) is 2.70. The van der Waals surface area contributed by atoms with E-state index in [-0.39, 0.29) is 12.3 Å². The van der Waals surface area contributed by atoms with Gasteiger partial charge in [0, 0.05) is 31.0 Å². The van der Waals surface area contributed by atoms with Crippen LogP contribution in [-0.2, 0) is 4.79 Å². The van der Waals surface area contributed by atoms with Gasteiger partial charge >= 0.3 is 0 Å². The molecule has 1 aliphatic heterocycles. The van der Waals surface area contributed by atoms with Gasteiger partial charge in [0.2, 0.25) is 5.91 Å². The van der Waals surface area contributed by atoms with Crippen LogP contribution in [0, 0.1) is 11.6 Å². The number of benzene rings is 1. The van der Waals surface area contributed by atoms with E-state index in [1.165, 1.54) is 17.1 Å². The summed E-state index contributed by atoms with van der Waals surface area (Å²) in [6.45, 7) is 3.73. The number of hydrazone groups is 1. The lowest BCUT2D eigenvalue weighted by molar-refractivity contribution is -0.133. The minimum atomic E-state index is -0.667. The first kappa shape index (κ1) is 15.6. The fraction of sp³-hybridized carbons (Fsp3) is 0.333. The van der Waals surface area contributed by atoms with Crippen LogP contribution in [0.2, 0.25) is 0 Å². The fourth-order valence-corrected chi connectivity index (χ4v) is 2.30. The molecule has 1 aliphatic rings. The third-order valence-electron chi connectivity index (χ3n) is 3.24.